The number of fused-ring (bicyclic) bond motifs is 2. The van der Waals surface area contributed by atoms with Gasteiger partial charge in [-0.15, -0.1) is 22.7 Å². The van der Waals surface area contributed by atoms with Crippen LogP contribution in [0.3, 0.4) is 0 Å². The molecule has 2 aromatic carbocycles. The summed E-state index contributed by atoms with van der Waals surface area (Å²) in [7, 11) is -3.62. The molecule has 36 heavy (non-hydrogen) atoms. The second kappa shape index (κ2) is 9.70. The fraction of sp³-hybridized carbons (Fsp3) is 0.333. The summed E-state index contributed by atoms with van der Waals surface area (Å²) >= 11 is 3.33. The van der Waals surface area contributed by atoms with Crippen LogP contribution in [0.15, 0.2) is 59.5 Å². The van der Waals surface area contributed by atoms with Crippen molar-refractivity contribution < 1.29 is 13.2 Å². The maximum Gasteiger partial charge on any atom is 0.243 e. The quantitative estimate of drug-likeness (QED) is 0.342. The summed E-state index contributed by atoms with van der Waals surface area (Å²) in [6, 6.07) is 16.6. The number of benzene rings is 2. The highest BCUT2D eigenvalue weighted by Gasteiger charge is 2.34. The van der Waals surface area contributed by atoms with Crippen LogP contribution in [0.25, 0.3) is 20.8 Å². The van der Waals surface area contributed by atoms with Gasteiger partial charge in [-0.1, -0.05) is 30.3 Å². The second-order valence-electron chi connectivity index (χ2n) is 9.41. The van der Waals surface area contributed by atoms with Crippen molar-refractivity contribution in [2.75, 3.05) is 18.4 Å². The average molecular weight is 538 g/mol. The Kier molecular flexibility index (Phi) is 6.41. The van der Waals surface area contributed by atoms with Gasteiger partial charge < -0.3 is 5.32 Å². The monoisotopic (exact) mass is 537 g/mol. The Labute approximate surface area is 219 Å². The van der Waals surface area contributed by atoms with E-state index in [1.54, 1.807) is 53.0 Å². The van der Waals surface area contributed by atoms with Gasteiger partial charge in [0, 0.05) is 23.5 Å². The summed E-state index contributed by atoms with van der Waals surface area (Å²) in [6.45, 7) is 0.635. The molecule has 3 heterocycles. The number of carbonyl (C=O) groups excluding carboxylic acids is 1. The van der Waals surface area contributed by atoms with Crippen LogP contribution in [0.1, 0.15) is 36.1 Å². The van der Waals surface area contributed by atoms with E-state index in [2.05, 4.69) is 11.4 Å². The van der Waals surface area contributed by atoms with E-state index in [0.717, 1.165) is 51.5 Å². The van der Waals surface area contributed by atoms with Crippen LogP contribution in [-0.2, 0) is 27.7 Å². The molecule has 1 atom stereocenters. The van der Waals surface area contributed by atoms with E-state index in [0.29, 0.717) is 19.4 Å². The van der Waals surface area contributed by atoms with Crippen molar-refractivity contribution in [3.05, 3.63) is 65.0 Å². The average Bonchev–Trinajstić information content (AvgIpc) is 3.50. The number of hydrogen-bond donors (Lipinski definition) is 1. The molecule has 1 aliphatic carbocycles. The lowest BCUT2D eigenvalue weighted by molar-refractivity contribution is -0.120. The van der Waals surface area contributed by atoms with Gasteiger partial charge in [0.25, 0.3) is 0 Å². The van der Waals surface area contributed by atoms with Crippen molar-refractivity contribution in [2.45, 2.75) is 43.4 Å². The van der Waals surface area contributed by atoms with Gasteiger partial charge in [0.1, 0.15) is 10.0 Å². The first-order valence-electron chi connectivity index (χ1n) is 12.4. The number of nitrogens with zero attached hydrogens (tertiary/aromatic N) is 2. The first-order valence-corrected chi connectivity index (χ1v) is 15.4. The third kappa shape index (κ3) is 4.38. The Morgan fingerprint density at radius 3 is 2.58 bits per heavy atom. The third-order valence-electron chi connectivity index (χ3n) is 7.05. The molecule has 2 aromatic heterocycles. The molecule has 0 radical (unpaired) electrons. The van der Waals surface area contributed by atoms with Crippen LogP contribution in [0.4, 0.5) is 5.00 Å². The number of aryl methyl sites for hydroxylation is 1. The van der Waals surface area contributed by atoms with E-state index < -0.39 is 10.0 Å². The van der Waals surface area contributed by atoms with E-state index >= 15 is 0 Å². The SMILES string of the molecule is O=C(Nc1sc2c(c1-c1nc3ccccc3s1)CCCC2)C1CCCN(S(=O)(=O)c2ccccc2)C1. The topological polar surface area (TPSA) is 79.4 Å². The predicted octanol–water partition coefficient (Wildman–Crippen LogP) is 5.94. The van der Waals surface area contributed by atoms with Crippen molar-refractivity contribution in [1.82, 2.24) is 9.29 Å². The molecule has 1 saturated heterocycles. The number of thiazole rings is 1. The van der Waals surface area contributed by atoms with Crippen LogP contribution in [-0.4, -0.2) is 36.7 Å². The molecule has 2 aliphatic rings. The molecule has 1 fully saturated rings. The maximum absolute atomic E-state index is 13.5. The minimum absolute atomic E-state index is 0.107. The van der Waals surface area contributed by atoms with Crippen molar-refractivity contribution in [3.63, 3.8) is 0 Å². The number of amides is 1. The first-order chi connectivity index (χ1) is 17.5. The van der Waals surface area contributed by atoms with Gasteiger partial charge in [0.15, 0.2) is 0 Å². The molecule has 1 amide bonds. The van der Waals surface area contributed by atoms with Crippen molar-refractivity contribution in [3.8, 4) is 10.6 Å². The van der Waals surface area contributed by atoms with E-state index in [4.69, 9.17) is 4.98 Å². The fourth-order valence-corrected chi connectivity index (χ4v) is 9.14. The summed E-state index contributed by atoms with van der Waals surface area (Å²) in [5.41, 5.74) is 3.35. The lowest BCUT2D eigenvalue weighted by Crippen LogP contribution is -2.43. The van der Waals surface area contributed by atoms with E-state index in [9.17, 15) is 13.2 Å². The Balaban J connectivity index is 1.28. The normalized spacial score (nSPS) is 18.7. The molecule has 0 saturated carbocycles. The van der Waals surface area contributed by atoms with E-state index in [-0.39, 0.29) is 23.3 Å². The molecule has 0 bridgehead atoms. The molecule has 1 N–H and O–H groups in total. The zero-order valence-corrected chi connectivity index (χ0v) is 22.2. The van der Waals surface area contributed by atoms with Crippen LogP contribution >= 0.6 is 22.7 Å². The van der Waals surface area contributed by atoms with Crippen LogP contribution < -0.4 is 5.32 Å². The number of carbonyl (C=O) groups is 1. The van der Waals surface area contributed by atoms with Gasteiger partial charge in [-0.2, -0.15) is 4.31 Å². The van der Waals surface area contributed by atoms with Gasteiger partial charge in [-0.3, -0.25) is 4.79 Å². The Morgan fingerprint density at radius 2 is 1.75 bits per heavy atom. The Hall–Kier alpha value is -2.59. The molecular weight excluding hydrogens is 511 g/mol. The zero-order valence-electron chi connectivity index (χ0n) is 19.8. The third-order valence-corrected chi connectivity index (χ3v) is 11.2. The number of rotatable bonds is 5. The molecular formula is C27H27N3O3S3. The fourth-order valence-electron chi connectivity index (χ4n) is 5.19. The number of hydrogen-bond acceptors (Lipinski definition) is 6. The lowest BCUT2D eigenvalue weighted by atomic mass is 9.95. The minimum atomic E-state index is -3.62. The number of aromatic nitrogens is 1. The number of para-hydroxylation sites is 1. The number of sulfonamides is 1. The largest absolute Gasteiger partial charge is 0.317 e. The minimum Gasteiger partial charge on any atom is -0.317 e. The molecule has 9 heteroatoms. The van der Waals surface area contributed by atoms with E-state index in [1.165, 1.54) is 14.7 Å². The molecule has 1 unspecified atom stereocenters. The number of anilines is 1. The van der Waals surface area contributed by atoms with Crippen molar-refractivity contribution in [2.24, 2.45) is 5.92 Å². The summed E-state index contributed by atoms with van der Waals surface area (Å²) < 4.78 is 28.9. The Bertz CT molecular complexity index is 1490. The van der Waals surface area contributed by atoms with Crippen molar-refractivity contribution in [1.29, 1.82) is 0 Å². The van der Waals surface area contributed by atoms with Gasteiger partial charge in [0.05, 0.1) is 21.0 Å². The Morgan fingerprint density at radius 1 is 0.972 bits per heavy atom. The molecule has 186 valence electrons. The smallest absolute Gasteiger partial charge is 0.243 e. The lowest BCUT2D eigenvalue weighted by Gasteiger charge is -2.31. The maximum atomic E-state index is 13.5. The standard InChI is InChI=1S/C27H27N3O3S3/c31-25(18-9-8-16-30(17-18)36(32,33)19-10-2-1-3-11-19)29-27-24(20-12-4-6-14-22(20)34-27)26-28-21-13-5-7-15-23(21)35-26/h1-3,5,7,10-11,13,15,18H,4,6,8-9,12,14,16-17H2,(H,29,31). The number of nitrogens with one attached hydrogen (secondary N) is 1. The van der Waals surface area contributed by atoms with Crippen LogP contribution in [0.2, 0.25) is 0 Å². The summed E-state index contributed by atoms with van der Waals surface area (Å²) in [4.78, 5) is 20.0. The van der Waals surface area contributed by atoms with Gasteiger partial charge in [-0.05, 0) is 68.4 Å². The molecule has 6 rings (SSSR count). The number of piperidine rings is 1. The zero-order chi connectivity index (χ0) is 24.7. The highest BCUT2D eigenvalue weighted by atomic mass is 32.2. The second-order valence-corrected chi connectivity index (χ2v) is 13.5. The summed E-state index contributed by atoms with van der Waals surface area (Å²) in [5.74, 6) is -0.497. The van der Waals surface area contributed by atoms with Crippen molar-refractivity contribution >= 4 is 53.8 Å². The molecule has 4 aromatic rings. The van der Waals surface area contributed by atoms with Gasteiger partial charge in [0.2, 0.25) is 15.9 Å². The summed E-state index contributed by atoms with van der Waals surface area (Å²) in [5, 5.41) is 5.02. The van der Waals surface area contributed by atoms with Gasteiger partial charge >= 0.3 is 0 Å². The van der Waals surface area contributed by atoms with Crippen LogP contribution in [0, 0.1) is 5.92 Å². The van der Waals surface area contributed by atoms with Crippen LogP contribution in [0.5, 0.6) is 0 Å². The molecule has 1 aliphatic heterocycles. The number of thiophene rings is 1. The summed E-state index contributed by atoms with van der Waals surface area (Å²) in [6.07, 6.45) is 5.67. The highest BCUT2D eigenvalue weighted by Crippen LogP contribution is 2.46. The molecule has 0 spiro atoms. The highest BCUT2D eigenvalue weighted by molar-refractivity contribution is 7.89. The predicted molar refractivity (Wildman–Crippen MR) is 146 cm³/mol. The van der Waals surface area contributed by atoms with E-state index in [1.807, 2.05) is 18.2 Å². The molecule has 6 nitrogen and oxygen atoms in total. The van der Waals surface area contributed by atoms with Gasteiger partial charge in [-0.25, -0.2) is 13.4 Å². The first kappa shape index (κ1) is 23.8.